The largest absolute Gasteiger partial charge is 0.329 e. The number of sulfone groups is 1. The first-order valence-corrected chi connectivity index (χ1v) is 8.07. The first-order valence-electron chi connectivity index (χ1n) is 6.52. The number of rotatable bonds is 4. The second kappa shape index (κ2) is 5.77. The van der Waals surface area contributed by atoms with Gasteiger partial charge in [0.2, 0.25) is 0 Å². The molecule has 2 aromatic rings. The topological polar surface area (TPSA) is 60.2 Å². The van der Waals surface area contributed by atoms with Crippen LogP contribution in [0.4, 0.5) is 0 Å². The zero-order valence-corrected chi connectivity index (χ0v) is 12.5. The van der Waals surface area contributed by atoms with Gasteiger partial charge >= 0.3 is 0 Å². The van der Waals surface area contributed by atoms with Gasteiger partial charge in [-0.3, -0.25) is 0 Å². The molecule has 0 saturated heterocycles. The van der Waals surface area contributed by atoms with Crippen LogP contribution in [-0.2, 0) is 9.84 Å². The molecule has 0 aliphatic rings. The predicted molar refractivity (Wildman–Crippen MR) is 81.3 cm³/mol. The molecule has 0 unspecified atom stereocenters. The van der Waals surface area contributed by atoms with E-state index in [9.17, 15) is 8.42 Å². The average molecular weight is 289 g/mol. The Balaban J connectivity index is 2.47. The zero-order valence-electron chi connectivity index (χ0n) is 11.7. The monoisotopic (exact) mass is 289 g/mol. The van der Waals surface area contributed by atoms with E-state index >= 15 is 0 Å². The van der Waals surface area contributed by atoms with Crippen molar-refractivity contribution >= 4 is 9.84 Å². The lowest BCUT2D eigenvalue weighted by Gasteiger charge is -2.17. The van der Waals surface area contributed by atoms with E-state index in [-0.39, 0.29) is 6.54 Å². The molecule has 2 aromatic carbocycles. The van der Waals surface area contributed by atoms with Crippen molar-refractivity contribution in [3.8, 4) is 0 Å². The van der Waals surface area contributed by atoms with Gasteiger partial charge in [-0.05, 0) is 31.5 Å². The van der Waals surface area contributed by atoms with E-state index in [4.69, 9.17) is 5.73 Å². The third-order valence-electron chi connectivity index (χ3n) is 3.35. The molecule has 0 bridgehead atoms. The Hall–Kier alpha value is -1.65. The summed E-state index contributed by atoms with van der Waals surface area (Å²) in [5.74, 6) is 0. The fourth-order valence-corrected chi connectivity index (χ4v) is 3.81. The Morgan fingerprint density at radius 2 is 1.65 bits per heavy atom. The SMILES string of the molecule is Cc1ccc(S(=O)(=O)[C@@H](CN)c2cccc(C)c2)cc1. The molecule has 0 aliphatic heterocycles. The first-order chi connectivity index (χ1) is 9.45. The van der Waals surface area contributed by atoms with E-state index in [1.807, 2.05) is 38.1 Å². The highest BCUT2D eigenvalue weighted by Gasteiger charge is 2.27. The molecule has 1 atom stereocenters. The molecule has 0 spiro atoms. The molecule has 0 amide bonds. The summed E-state index contributed by atoms with van der Waals surface area (Å²) in [5, 5.41) is -0.704. The summed E-state index contributed by atoms with van der Waals surface area (Å²) in [6, 6.07) is 14.4. The van der Waals surface area contributed by atoms with Gasteiger partial charge in [-0.2, -0.15) is 0 Å². The Kier molecular flexibility index (Phi) is 4.26. The van der Waals surface area contributed by atoms with Crippen LogP contribution >= 0.6 is 0 Å². The van der Waals surface area contributed by atoms with Crippen molar-refractivity contribution in [2.75, 3.05) is 6.54 Å². The molecule has 106 valence electrons. The van der Waals surface area contributed by atoms with Crippen molar-refractivity contribution in [2.45, 2.75) is 24.0 Å². The molecular formula is C16H19NO2S. The van der Waals surface area contributed by atoms with Gasteiger partial charge in [-0.1, -0.05) is 47.5 Å². The van der Waals surface area contributed by atoms with Crippen LogP contribution in [-0.4, -0.2) is 15.0 Å². The standard InChI is InChI=1S/C16H19NO2S/c1-12-6-8-15(9-7-12)20(18,19)16(11-17)14-5-3-4-13(2)10-14/h3-10,16H,11,17H2,1-2H3/t16-/m0/s1. The molecule has 20 heavy (non-hydrogen) atoms. The smallest absolute Gasteiger partial charge is 0.186 e. The van der Waals surface area contributed by atoms with Crippen LogP contribution in [0.3, 0.4) is 0 Å². The lowest BCUT2D eigenvalue weighted by Crippen LogP contribution is -2.22. The van der Waals surface area contributed by atoms with Crippen LogP contribution in [0.15, 0.2) is 53.4 Å². The number of benzene rings is 2. The van der Waals surface area contributed by atoms with Gasteiger partial charge in [0.05, 0.1) is 4.90 Å². The molecule has 0 saturated carbocycles. The number of aryl methyl sites for hydroxylation is 2. The third-order valence-corrected chi connectivity index (χ3v) is 5.50. The van der Waals surface area contributed by atoms with E-state index in [0.717, 1.165) is 16.7 Å². The summed E-state index contributed by atoms with van der Waals surface area (Å²) in [5.41, 5.74) is 8.53. The van der Waals surface area contributed by atoms with E-state index in [1.165, 1.54) is 0 Å². The second-order valence-corrected chi connectivity index (χ2v) is 7.13. The Morgan fingerprint density at radius 1 is 1.00 bits per heavy atom. The fourth-order valence-electron chi connectivity index (χ4n) is 2.20. The maximum absolute atomic E-state index is 12.7. The molecule has 0 aromatic heterocycles. The van der Waals surface area contributed by atoms with Gasteiger partial charge in [0.1, 0.15) is 5.25 Å². The predicted octanol–water partition coefficient (Wildman–Crippen LogP) is 2.78. The molecular weight excluding hydrogens is 270 g/mol. The highest BCUT2D eigenvalue weighted by molar-refractivity contribution is 7.91. The van der Waals surface area contributed by atoms with Crippen molar-refractivity contribution in [1.82, 2.24) is 0 Å². The van der Waals surface area contributed by atoms with Gasteiger partial charge < -0.3 is 5.73 Å². The summed E-state index contributed by atoms with van der Waals surface area (Å²) in [7, 11) is -3.46. The van der Waals surface area contributed by atoms with Crippen LogP contribution in [0.5, 0.6) is 0 Å². The molecule has 3 nitrogen and oxygen atoms in total. The van der Waals surface area contributed by atoms with Crippen molar-refractivity contribution in [1.29, 1.82) is 0 Å². The molecule has 0 heterocycles. The first kappa shape index (κ1) is 14.8. The zero-order chi connectivity index (χ0) is 14.8. The maximum Gasteiger partial charge on any atom is 0.186 e. The van der Waals surface area contributed by atoms with Crippen LogP contribution in [0, 0.1) is 13.8 Å². The lowest BCUT2D eigenvalue weighted by molar-refractivity contribution is 0.582. The van der Waals surface area contributed by atoms with E-state index in [2.05, 4.69) is 0 Å². The summed E-state index contributed by atoms with van der Waals surface area (Å²) in [6.07, 6.45) is 0. The molecule has 2 rings (SSSR count). The summed E-state index contributed by atoms with van der Waals surface area (Å²) in [6.45, 7) is 3.94. The molecule has 2 N–H and O–H groups in total. The van der Waals surface area contributed by atoms with Crippen molar-refractivity contribution in [3.63, 3.8) is 0 Å². The van der Waals surface area contributed by atoms with E-state index in [0.29, 0.717) is 4.90 Å². The van der Waals surface area contributed by atoms with Crippen LogP contribution in [0.25, 0.3) is 0 Å². The van der Waals surface area contributed by atoms with Gasteiger partial charge in [0.15, 0.2) is 9.84 Å². The summed E-state index contributed by atoms with van der Waals surface area (Å²) < 4.78 is 25.4. The minimum atomic E-state index is -3.46. The average Bonchev–Trinajstić information content (AvgIpc) is 2.40. The van der Waals surface area contributed by atoms with Crippen LogP contribution in [0.2, 0.25) is 0 Å². The quantitative estimate of drug-likeness (QED) is 0.941. The van der Waals surface area contributed by atoms with Crippen LogP contribution in [0.1, 0.15) is 21.9 Å². The van der Waals surface area contributed by atoms with Crippen molar-refractivity contribution in [2.24, 2.45) is 5.73 Å². The van der Waals surface area contributed by atoms with E-state index in [1.54, 1.807) is 24.3 Å². The minimum absolute atomic E-state index is 0.0691. The normalized spacial score (nSPS) is 13.2. The highest BCUT2D eigenvalue weighted by atomic mass is 32.2. The van der Waals surface area contributed by atoms with Gasteiger partial charge in [-0.15, -0.1) is 0 Å². The number of hydrogen-bond donors (Lipinski definition) is 1. The lowest BCUT2D eigenvalue weighted by atomic mass is 10.1. The Morgan fingerprint density at radius 3 is 2.20 bits per heavy atom. The number of hydrogen-bond acceptors (Lipinski definition) is 3. The van der Waals surface area contributed by atoms with Gasteiger partial charge in [0, 0.05) is 6.54 Å². The highest BCUT2D eigenvalue weighted by Crippen LogP contribution is 2.28. The molecule has 0 fully saturated rings. The van der Waals surface area contributed by atoms with Crippen molar-refractivity contribution < 1.29 is 8.42 Å². The molecule has 0 aliphatic carbocycles. The second-order valence-electron chi connectivity index (χ2n) is 5.00. The van der Waals surface area contributed by atoms with Crippen molar-refractivity contribution in [3.05, 3.63) is 65.2 Å². The number of nitrogens with two attached hydrogens (primary N) is 1. The summed E-state index contributed by atoms with van der Waals surface area (Å²) in [4.78, 5) is 0.319. The minimum Gasteiger partial charge on any atom is -0.329 e. The Bertz CT molecular complexity index is 691. The fraction of sp³-hybridized carbons (Fsp3) is 0.250. The third kappa shape index (κ3) is 2.92. The van der Waals surface area contributed by atoms with Crippen LogP contribution < -0.4 is 5.73 Å². The van der Waals surface area contributed by atoms with E-state index < -0.39 is 15.1 Å². The maximum atomic E-state index is 12.7. The molecule has 0 radical (unpaired) electrons. The Labute approximate surface area is 120 Å². The molecule has 4 heteroatoms. The van der Waals surface area contributed by atoms with Gasteiger partial charge in [0.25, 0.3) is 0 Å². The summed E-state index contributed by atoms with van der Waals surface area (Å²) >= 11 is 0. The van der Waals surface area contributed by atoms with Gasteiger partial charge in [-0.25, -0.2) is 8.42 Å².